The second-order valence-electron chi connectivity index (χ2n) is 3.64. The van der Waals surface area contributed by atoms with Gasteiger partial charge in [0.15, 0.2) is 0 Å². The molecule has 0 spiro atoms. The van der Waals surface area contributed by atoms with Crippen molar-refractivity contribution in [3.05, 3.63) is 64.2 Å². The van der Waals surface area contributed by atoms with Crippen molar-refractivity contribution in [2.45, 2.75) is 5.33 Å². The van der Waals surface area contributed by atoms with Crippen LogP contribution < -0.4 is 0 Å². The number of nitro benzene ring substituents is 1. The number of rotatable bonds is 3. The molecule has 0 fully saturated rings. The van der Waals surface area contributed by atoms with Crippen LogP contribution in [0.4, 0.5) is 5.69 Å². The lowest BCUT2D eigenvalue weighted by Gasteiger charge is -2.04. The van der Waals surface area contributed by atoms with Crippen LogP contribution in [0.5, 0.6) is 0 Å². The normalized spacial score (nSPS) is 10.2. The van der Waals surface area contributed by atoms with Gasteiger partial charge >= 0.3 is 0 Å². The average molecular weight is 292 g/mol. The number of nitro groups is 1. The van der Waals surface area contributed by atoms with E-state index in [-0.39, 0.29) is 10.6 Å². The summed E-state index contributed by atoms with van der Waals surface area (Å²) in [4.78, 5) is 10.5. The monoisotopic (exact) mass is 291 g/mol. The number of nitrogens with zero attached hydrogens (tertiary/aromatic N) is 1. The van der Waals surface area contributed by atoms with Gasteiger partial charge in [-0.25, -0.2) is 0 Å². The number of alkyl halides is 1. The van der Waals surface area contributed by atoms with Crippen molar-refractivity contribution in [3.63, 3.8) is 0 Å². The van der Waals surface area contributed by atoms with Gasteiger partial charge in [0.05, 0.1) is 4.92 Å². The Morgan fingerprint density at radius 3 is 2.35 bits per heavy atom. The summed E-state index contributed by atoms with van der Waals surface area (Å²) in [6, 6.07) is 14.8. The van der Waals surface area contributed by atoms with E-state index in [0.29, 0.717) is 5.33 Å². The fourth-order valence-corrected chi connectivity index (χ4v) is 1.98. The lowest BCUT2D eigenvalue weighted by molar-refractivity contribution is -0.384. The van der Waals surface area contributed by atoms with E-state index in [4.69, 9.17) is 0 Å². The fourth-order valence-electron chi connectivity index (χ4n) is 1.65. The van der Waals surface area contributed by atoms with E-state index in [1.54, 1.807) is 12.1 Å². The largest absolute Gasteiger partial charge is 0.270 e. The predicted molar refractivity (Wildman–Crippen MR) is 71.2 cm³/mol. The van der Waals surface area contributed by atoms with E-state index in [1.165, 1.54) is 0 Å². The lowest BCUT2D eigenvalue weighted by atomic mass is 10.0. The molecule has 17 heavy (non-hydrogen) atoms. The molecule has 3 nitrogen and oxygen atoms in total. The molecule has 0 bridgehead atoms. The summed E-state index contributed by atoms with van der Waals surface area (Å²) in [5.74, 6) is 0. The Bertz CT molecular complexity index is 540. The molecule has 0 saturated carbocycles. The third-order valence-electron chi connectivity index (χ3n) is 2.45. The summed E-state index contributed by atoms with van der Waals surface area (Å²) >= 11 is 3.32. The van der Waals surface area contributed by atoms with Crippen molar-refractivity contribution >= 4 is 21.6 Å². The molecule has 0 unspecified atom stereocenters. The summed E-state index contributed by atoms with van der Waals surface area (Å²) < 4.78 is 0. The molecule has 0 saturated heterocycles. The minimum atomic E-state index is -0.362. The highest BCUT2D eigenvalue weighted by molar-refractivity contribution is 9.08. The van der Waals surface area contributed by atoms with Gasteiger partial charge in [0.2, 0.25) is 0 Å². The van der Waals surface area contributed by atoms with Crippen LogP contribution in [0, 0.1) is 10.1 Å². The number of non-ortho nitro benzene ring substituents is 1. The molecule has 0 aliphatic carbocycles. The molecule has 86 valence electrons. The standard InChI is InChI=1S/C13H10BrNO2/c14-9-10-6-12(8-13(7-10)15(16)17)11-4-2-1-3-5-11/h1-8H,9H2. The Morgan fingerprint density at radius 1 is 1.06 bits per heavy atom. The molecular formula is C13H10BrNO2. The lowest BCUT2D eigenvalue weighted by Crippen LogP contribution is -1.91. The van der Waals surface area contributed by atoms with Crippen molar-refractivity contribution in [2.24, 2.45) is 0 Å². The van der Waals surface area contributed by atoms with Crippen LogP contribution >= 0.6 is 15.9 Å². The molecule has 2 aromatic rings. The minimum Gasteiger partial charge on any atom is -0.258 e. The van der Waals surface area contributed by atoms with E-state index in [0.717, 1.165) is 16.7 Å². The molecule has 0 radical (unpaired) electrons. The predicted octanol–water partition coefficient (Wildman–Crippen LogP) is 4.16. The maximum Gasteiger partial charge on any atom is 0.270 e. The summed E-state index contributed by atoms with van der Waals surface area (Å²) in [6.07, 6.45) is 0. The Balaban J connectivity index is 2.54. The van der Waals surface area contributed by atoms with Gasteiger partial charge in [-0.2, -0.15) is 0 Å². The highest BCUT2D eigenvalue weighted by Gasteiger charge is 2.10. The summed E-state index contributed by atoms with van der Waals surface area (Å²) in [7, 11) is 0. The smallest absolute Gasteiger partial charge is 0.258 e. The van der Waals surface area contributed by atoms with Gasteiger partial charge in [0.1, 0.15) is 0 Å². The topological polar surface area (TPSA) is 43.1 Å². The SMILES string of the molecule is O=[N+]([O-])c1cc(CBr)cc(-c2ccccc2)c1. The van der Waals surface area contributed by atoms with E-state index in [9.17, 15) is 10.1 Å². The van der Waals surface area contributed by atoms with Crippen LogP contribution in [0.15, 0.2) is 48.5 Å². The van der Waals surface area contributed by atoms with Crippen LogP contribution in [0.1, 0.15) is 5.56 Å². The Labute approximate surface area is 107 Å². The molecule has 0 amide bonds. The van der Waals surface area contributed by atoms with Crippen molar-refractivity contribution in [3.8, 4) is 11.1 Å². The van der Waals surface area contributed by atoms with Gasteiger partial charge in [0.25, 0.3) is 5.69 Å². The summed E-state index contributed by atoms with van der Waals surface area (Å²) in [5.41, 5.74) is 2.88. The van der Waals surface area contributed by atoms with Crippen molar-refractivity contribution in [2.75, 3.05) is 0 Å². The second kappa shape index (κ2) is 5.10. The van der Waals surface area contributed by atoms with Gasteiger partial charge in [-0.3, -0.25) is 10.1 Å². The minimum absolute atomic E-state index is 0.126. The van der Waals surface area contributed by atoms with Crippen LogP contribution in [-0.4, -0.2) is 4.92 Å². The molecule has 4 heteroatoms. The third kappa shape index (κ3) is 2.71. The molecule has 0 N–H and O–H groups in total. The molecular weight excluding hydrogens is 282 g/mol. The number of benzene rings is 2. The van der Waals surface area contributed by atoms with Gasteiger partial charge < -0.3 is 0 Å². The van der Waals surface area contributed by atoms with Crippen LogP contribution in [0.2, 0.25) is 0 Å². The molecule has 2 rings (SSSR count). The second-order valence-corrected chi connectivity index (χ2v) is 4.21. The first-order valence-corrected chi connectivity index (χ1v) is 6.22. The molecule has 2 aromatic carbocycles. The highest BCUT2D eigenvalue weighted by atomic mass is 79.9. The first-order valence-electron chi connectivity index (χ1n) is 5.10. The molecule has 0 aromatic heterocycles. The average Bonchev–Trinajstić information content (AvgIpc) is 2.39. The van der Waals surface area contributed by atoms with Crippen LogP contribution in [0.3, 0.4) is 0 Å². The van der Waals surface area contributed by atoms with Crippen molar-refractivity contribution < 1.29 is 4.92 Å². The van der Waals surface area contributed by atoms with Crippen molar-refractivity contribution in [1.29, 1.82) is 0 Å². The number of hydrogen-bond acceptors (Lipinski definition) is 2. The molecule has 0 heterocycles. The Morgan fingerprint density at radius 2 is 1.76 bits per heavy atom. The highest BCUT2D eigenvalue weighted by Crippen LogP contribution is 2.26. The van der Waals surface area contributed by atoms with Crippen LogP contribution in [0.25, 0.3) is 11.1 Å². The van der Waals surface area contributed by atoms with E-state index in [1.807, 2.05) is 36.4 Å². The third-order valence-corrected chi connectivity index (χ3v) is 3.10. The van der Waals surface area contributed by atoms with E-state index >= 15 is 0 Å². The maximum absolute atomic E-state index is 10.8. The Kier molecular flexibility index (Phi) is 3.54. The van der Waals surface area contributed by atoms with Gasteiger partial charge in [-0.15, -0.1) is 0 Å². The summed E-state index contributed by atoms with van der Waals surface area (Å²) in [5, 5.41) is 11.4. The number of hydrogen-bond donors (Lipinski definition) is 0. The molecule has 0 aliphatic heterocycles. The first-order chi connectivity index (χ1) is 8.20. The van der Waals surface area contributed by atoms with Gasteiger partial charge in [-0.05, 0) is 22.8 Å². The fraction of sp³-hybridized carbons (Fsp3) is 0.0769. The van der Waals surface area contributed by atoms with Crippen LogP contribution in [-0.2, 0) is 5.33 Å². The summed E-state index contributed by atoms with van der Waals surface area (Å²) in [6.45, 7) is 0. The van der Waals surface area contributed by atoms with Crippen molar-refractivity contribution in [1.82, 2.24) is 0 Å². The zero-order chi connectivity index (χ0) is 12.3. The van der Waals surface area contributed by atoms with Gasteiger partial charge in [-0.1, -0.05) is 46.3 Å². The van der Waals surface area contributed by atoms with E-state index < -0.39 is 0 Å². The molecule has 0 atom stereocenters. The molecule has 0 aliphatic rings. The Hall–Kier alpha value is -1.68. The first kappa shape index (κ1) is 11.8. The maximum atomic E-state index is 10.8. The van der Waals surface area contributed by atoms with E-state index in [2.05, 4.69) is 15.9 Å². The number of halogens is 1. The van der Waals surface area contributed by atoms with Gasteiger partial charge in [0, 0.05) is 17.5 Å². The quantitative estimate of drug-likeness (QED) is 0.484. The zero-order valence-corrected chi connectivity index (χ0v) is 10.6. The zero-order valence-electron chi connectivity index (χ0n) is 8.97.